The van der Waals surface area contributed by atoms with Crippen molar-refractivity contribution in [3.05, 3.63) is 0 Å². The summed E-state index contributed by atoms with van der Waals surface area (Å²) in [7, 11) is 0. The van der Waals surface area contributed by atoms with Gasteiger partial charge in [-0.2, -0.15) is 0 Å². The fraction of sp³-hybridized carbons (Fsp3) is 0.733. The monoisotopic (exact) mass is 343 g/mol. The lowest BCUT2D eigenvalue weighted by molar-refractivity contribution is -0.129. The Morgan fingerprint density at radius 3 is 2.52 bits per heavy atom. The van der Waals surface area contributed by atoms with E-state index in [-0.39, 0.29) is 41.2 Å². The van der Waals surface area contributed by atoms with Crippen LogP contribution in [0.4, 0.5) is 4.79 Å². The highest BCUT2D eigenvalue weighted by atomic mass is 32.2. The highest BCUT2D eigenvalue weighted by Crippen LogP contribution is 2.18. The highest BCUT2D eigenvalue weighted by molar-refractivity contribution is 8.14. The molecule has 1 aliphatic heterocycles. The van der Waals surface area contributed by atoms with Gasteiger partial charge in [-0.15, -0.1) is 0 Å². The van der Waals surface area contributed by atoms with E-state index in [1.165, 1.54) is 4.90 Å². The molecule has 1 fully saturated rings. The number of hydrogen-bond donors (Lipinski definition) is 2. The minimum Gasteiger partial charge on any atom is -0.356 e. The van der Waals surface area contributed by atoms with Crippen LogP contribution in [0.25, 0.3) is 0 Å². The first-order valence-electron chi connectivity index (χ1n) is 7.88. The Bertz CT molecular complexity index is 454. The number of hydrogen-bond acceptors (Lipinski definition) is 5. The molecule has 1 aliphatic rings. The second kappa shape index (κ2) is 9.54. The number of imide groups is 1. The molecule has 0 aromatic heterocycles. The molecule has 1 saturated heterocycles. The molecule has 1 rings (SSSR count). The molecule has 0 aromatic carbocycles. The topological polar surface area (TPSA) is 95.6 Å². The summed E-state index contributed by atoms with van der Waals surface area (Å²) in [6.07, 6.45) is 1.23. The number of nitrogens with one attached hydrogen (secondary N) is 2. The van der Waals surface area contributed by atoms with E-state index in [1.54, 1.807) is 0 Å². The van der Waals surface area contributed by atoms with Crippen LogP contribution < -0.4 is 10.6 Å². The van der Waals surface area contributed by atoms with Crippen molar-refractivity contribution in [3.8, 4) is 0 Å². The minimum atomic E-state index is -0.354. The van der Waals surface area contributed by atoms with Gasteiger partial charge < -0.3 is 10.6 Å². The molecule has 2 unspecified atom stereocenters. The quantitative estimate of drug-likeness (QED) is 0.483. The van der Waals surface area contributed by atoms with E-state index in [2.05, 4.69) is 10.6 Å². The summed E-state index contributed by atoms with van der Waals surface area (Å²) in [5, 5.41) is 5.20. The van der Waals surface area contributed by atoms with E-state index in [0.717, 1.165) is 18.2 Å². The normalized spacial score (nSPS) is 17.1. The third kappa shape index (κ3) is 6.60. The third-order valence-corrected chi connectivity index (χ3v) is 4.79. The molecule has 0 bridgehead atoms. The maximum absolute atomic E-state index is 11.7. The second-order valence-electron chi connectivity index (χ2n) is 5.72. The standard InChI is InChI=1S/C15H25N3O4S/c1-4-10(2)11(3)17-13(20)8-12(19)16-6-5-7-18-14(21)9-23-15(18)22/h10-11H,4-9H2,1-3H3,(H,16,19)(H,17,20). The van der Waals surface area contributed by atoms with Crippen LogP contribution >= 0.6 is 11.8 Å². The van der Waals surface area contributed by atoms with E-state index < -0.39 is 0 Å². The Morgan fingerprint density at radius 1 is 1.26 bits per heavy atom. The Kier molecular flexibility index (Phi) is 8.08. The lowest BCUT2D eigenvalue weighted by Gasteiger charge is -2.19. The number of nitrogens with zero attached hydrogens (tertiary/aromatic N) is 1. The van der Waals surface area contributed by atoms with Crippen molar-refractivity contribution >= 4 is 34.7 Å². The second-order valence-corrected chi connectivity index (χ2v) is 6.65. The highest BCUT2D eigenvalue weighted by Gasteiger charge is 2.29. The largest absolute Gasteiger partial charge is 0.356 e. The number of amides is 4. The van der Waals surface area contributed by atoms with E-state index >= 15 is 0 Å². The third-order valence-electron chi connectivity index (χ3n) is 3.93. The van der Waals surface area contributed by atoms with E-state index in [4.69, 9.17) is 0 Å². The maximum atomic E-state index is 11.7. The van der Waals surface area contributed by atoms with Crippen LogP contribution in [-0.4, -0.2) is 52.7 Å². The van der Waals surface area contributed by atoms with Crippen LogP contribution in [0.2, 0.25) is 0 Å². The minimum absolute atomic E-state index is 0.0324. The van der Waals surface area contributed by atoms with Gasteiger partial charge in [0.25, 0.3) is 5.24 Å². The first-order valence-corrected chi connectivity index (χ1v) is 8.86. The van der Waals surface area contributed by atoms with Crippen LogP contribution in [0.5, 0.6) is 0 Å². The van der Waals surface area contributed by atoms with Crippen molar-refractivity contribution in [2.45, 2.75) is 46.1 Å². The van der Waals surface area contributed by atoms with Crippen molar-refractivity contribution in [3.63, 3.8) is 0 Å². The molecular formula is C15H25N3O4S. The van der Waals surface area contributed by atoms with Gasteiger partial charge in [0.1, 0.15) is 6.42 Å². The van der Waals surface area contributed by atoms with Gasteiger partial charge in [-0.1, -0.05) is 32.0 Å². The SMILES string of the molecule is CCC(C)C(C)NC(=O)CC(=O)NCCCN1C(=O)CSC1=O. The van der Waals surface area contributed by atoms with E-state index in [0.29, 0.717) is 25.4 Å². The summed E-state index contributed by atoms with van der Waals surface area (Å²) in [6, 6.07) is 0.0324. The van der Waals surface area contributed by atoms with Crippen LogP contribution in [0.3, 0.4) is 0 Å². The molecule has 2 atom stereocenters. The average Bonchev–Trinajstić information content (AvgIpc) is 2.81. The Hall–Kier alpha value is -1.57. The zero-order valence-corrected chi connectivity index (χ0v) is 14.7. The molecule has 2 N–H and O–H groups in total. The summed E-state index contributed by atoms with van der Waals surface area (Å²) < 4.78 is 0. The number of rotatable bonds is 9. The number of thioether (sulfide) groups is 1. The van der Waals surface area contributed by atoms with Crippen molar-refractivity contribution in [1.29, 1.82) is 0 Å². The lowest BCUT2D eigenvalue weighted by atomic mass is 10.0. The van der Waals surface area contributed by atoms with E-state index in [9.17, 15) is 19.2 Å². The van der Waals surface area contributed by atoms with Crippen LogP contribution in [0.1, 0.15) is 40.0 Å². The van der Waals surface area contributed by atoms with Crippen molar-refractivity contribution < 1.29 is 19.2 Å². The molecule has 0 radical (unpaired) electrons. The molecule has 7 nitrogen and oxygen atoms in total. The molecule has 23 heavy (non-hydrogen) atoms. The average molecular weight is 343 g/mol. The summed E-state index contributed by atoms with van der Waals surface area (Å²) >= 11 is 0.993. The predicted octanol–water partition coefficient (Wildman–Crippen LogP) is 1.13. The van der Waals surface area contributed by atoms with Gasteiger partial charge >= 0.3 is 0 Å². The zero-order chi connectivity index (χ0) is 17.4. The molecule has 0 saturated carbocycles. The molecule has 1 heterocycles. The first-order chi connectivity index (χ1) is 10.8. The van der Waals surface area contributed by atoms with Crippen LogP contribution in [0.15, 0.2) is 0 Å². The smallest absolute Gasteiger partial charge is 0.288 e. The predicted molar refractivity (Wildman–Crippen MR) is 88.9 cm³/mol. The fourth-order valence-corrected chi connectivity index (χ4v) is 2.82. The zero-order valence-electron chi connectivity index (χ0n) is 13.9. The van der Waals surface area contributed by atoms with Crippen LogP contribution in [0, 0.1) is 5.92 Å². The lowest BCUT2D eigenvalue weighted by Crippen LogP contribution is -2.40. The number of carbonyl (C=O) groups is 4. The summed E-state index contributed by atoms with van der Waals surface area (Å²) in [4.78, 5) is 47.4. The summed E-state index contributed by atoms with van der Waals surface area (Å²) in [6.45, 7) is 6.64. The van der Waals surface area contributed by atoms with E-state index in [1.807, 2.05) is 20.8 Å². The first kappa shape index (κ1) is 19.5. The molecule has 0 aliphatic carbocycles. The number of carbonyl (C=O) groups excluding carboxylic acids is 4. The Balaban J connectivity index is 2.18. The maximum Gasteiger partial charge on any atom is 0.288 e. The Morgan fingerprint density at radius 2 is 1.96 bits per heavy atom. The van der Waals surface area contributed by atoms with Gasteiger partial charge in [-0.05, 0) is 19.3 Å². The van der Waals surface area contributed by atoms with Gasteiger partial charge in [0, 0.05) is 19.1 Å². The molecule has 0 aromatic rings. The van der Waals surface area contributed by atoms with Crippen molar-refractivity contribution in [1.82, 2.24) is 15.5 Å². The molecule has 4 amide bonds. The molecular weight excluding hydrogens is 318 g/mol. The van der Waals surface area contributed by atoms with Gasteiger partial charge in [0.05, 0.1) is 5.75 Å². The van der Waals surface area contributed by atoms with Gasteiger partial charge in [0.2, 0.25) is 17.7 Å². The van der Waals surface area contributed by atoms with Crippen LogP contribution in [-0.2, 0) is 14.4 Å². The summed E-state index contributed by atoms with van der Waals surface area (Å²) in [5.74, 6) is -0.288. The fourth-order valence-electron chi connectivity index (χ4n) is 2.07. The molecule has 130 valence electrons. The molecule has 8 heteroatoms. The summed E-state index contributed by atoms with van der Waals surface area (Å²) in [5.41, 5.74) is 0. The van der Waals surface area contributed by atoms with Crippen molar-refractivity contribution in [2.75, 3.05) is 18.8 Å². The van der Waals surface area contributed by atoms with Crippen molar-refractivity contribution in [2.24, 2.45) is 5.92 Å². The van der Waals surface area contributed by atoms with Gasteiger partial charge in [-0.3, -0.25) is 24.1 Å². The van der Waals surface area contributed by atoms with Gasteiger partial charge in [0.15, 0.2) is 0 Å². The van der Waals surface area contributed by atoms with Gasteiger partial charge in [-0.25, -0.2) is 0 Å². The Labute approximate surface area is 140 Å². The molecule has 0 spiro atoms.